The number of aromatic carboxylic acids is 1. The quantitative estimate of drug-likeness (QED) is 0.692. The lowest BCUT2D eigenvalue weighted by molar-refractivity contribution is 0.0696. The molecule has 0 radical (unpaired) electrons. The number of hydrogen-bond acceptors (Lipinski definition) is 3. The van der Waals surface area contributed by atoms with E-state index >= 15 is 0 Å². The summed E-state index contributed by atoms with van der Waals surface area (Å²) < 4.78 is 0. The number of carboxylic acids is 1. The number of aromatic amines is 1. The van der Waals surface area contributed by atoms with Gasteiger partial charge in [-0.3, -0.25) is 9.89 Å². The van der Waals surface area contributed by atoms with Crippen LogP contribution in [0.25, 0.3) is 10.9 Å². The largest absolute Gasteiger partial charge is 0.478 e. The van der Waals surface area contributed by atoms with Crippen LogP contribution in [0.1, 0.15) is 26.3 Å². The van der Waals surface area contributed by atoms with E-state index in [1.54, 1.807) is 31.3 Å². The smallest absolute Gasteiger partial charge is 0.335 e. The molecular weight excluding hydrogens is 282 g/mol. The van der Waals surface area contributed by atoms with Crippen molar-refractivity contribution in [3.8, 4) is 0 Å². The van der Waals surface area contributed by atoms with E-state index < -0.39 is 5.97 Å². The van der Waals surface area contributed by atoms with Crippen molar-refractivity contribution in [3.63, 3.8) is 0 Å². The van der Waals surface area contributed by atoms with Gasteiger partial charge in [0.1, 0.15) is 0 Å². The fourth-order valence-corrected chi connectivity index (χ4v) is 2.24. The second-order valence-corrected chi connectivity index (χ2v) is 4.93. The fraction of sp³-hybridized carbons (Fsp3) is 0.0625. The zero-order chi connectivity index (χ0) is 15.7. The predicted molar refractivity (Wildman–Crippen MR) is 82.2 cm³/mol. The van der Waals surface area contributed by atoms with Crippen LogP contribution in [0.4, 0.5) is 5.69 Å². The van der Waals surface area contributed by atoms with Crippen molar-refractivity contribution in [2.45, 2.75) is 6.92 Å². The lowest BCUT2D eigenvalue weighted by Gasteiger charge is -2.10. The number of amides is 1. The van der Waals surface area contributed by atoms with Crippen molar-refractivity contribution >= 4 is 28.5 Å². The summed E-state index contributed by atoms with van der Waals surface area (Å²) in [5, 5.41) is 19.3. The molecule has 0 saturated carbocycles. The van der Waals surface area contributed by atoms with Crippen molar-refractivity contribution in [2.75, 3.05) is 5.32 Å². The van der Waals surface area contributed by atoms with Gasteiger partial charge in [0, 0.05) is 11.1 Å². The maximum absolute atomic E-state index is 12.5. The third kappa shape index (κ3) is 2.42. The minimum atomic E-state index is -1.04. The third-order valence-corrected chi connectivity index (χ3v) is 3.45. The first-order chi connectivity index (χ1) is 10.6. The minimum absolute atomic E-state index is 0.126. The van der Waals surface area contributed by atoms with Crippen LogP contribution < -0.4 is 5.32 Å². The van der Waals surface area contributed by atoms with Crippen molar-refractivity contribution in [1.82, 2.24) is 10.2 Å². The number of aryl methyl sites for hydroxylation is 1. The molecule has 0 atom stereocenters. The Morgan fingerprint density at radius 2 is 2.05 bits per heavy atom. The Hall–Kier alpha value is -3.15. The van der Waals surface area contributed by atoms with Crippen LogP contribution in [0.15, 0.2) is 42.6 Å². The summed E-state index contributed by atoms with van der Waals surface area (Å²) in [7, 11) is 0. The van der Waals surface area contributed by atoms with Gasteiger partial charge in [-0.15, -0.1) is 0 Å². The molecule has 110 valence electrons. The van der Waals surface area contributed by atoms with Gasteiger partial charge in [-0.25, -0.2) is 4.79 Å². The van der Waals surface area contributed by atoms with Crippen LogP contribution in [0.5, 0.6) is 0 Å². The maximum Gasteiger partial charge on any atom is 0.335 e. The zero-order valence-electron chi connectivity index (χ0n) is 11.8. The average Bonchev–Trinajstić information content (AvgIpc) is 2.97. The van der Waals surface area contributed by atoms with E-state index in [0.717, 1.165) is 10.9 Å². The molecular formula is C16H13N3O3. The molecule has 6 heteroatoms. The highest BCUT2D eigenvalue weighted by Crippen LogP contribution is 2.20. The molecule has 3 aromatic rings. The standard InChI is InChI=1S/C16H13N3O3/c1-9-5-6-10(16(21)22)7-13(9)18-15(20)12-4-2-3-11-8-17-19-14(11)12/h2-8H,1H3,(H,17,19)(H,18,20)(H,21,22). The summed E-state index contributed by atoms with van der Waals surface area (Å²) >= 11 is 0. The van der Waals surface area contributed by atoms with Crippen LogP contribution >= 0.6 is 0 Å². The van der Waals surface area contributed by atoms with Gasteiger partial charge in [-0.05, 0) is 30.7 Å². The summed E-state index contributed by atoms with van der Waals surface area (Å²) in [5.74, 6) is -1.35. The predicted octanol–water partition coefficient (Wildman–Crippen LogP) is 2.82. The highest BCUT2D eigenvalue weighted by Gasteiger charge is 2.13. The Labute approximate surface area is 125 Å². The molecule has 2 aromatic carbocycles. The number of nitrogens with zero attached hydrogens (tertiary/aromatic N) is 1. The molecule has 0 aliphatic carbocycles. The normalized spacial score (nSPS) is 10.6. The molecule has 0 fully saturated rings. The Morgan fingerprint density at radius 3 is 2.82 bits per heavy atom. The van der Waals surface area contributed by atoms with E-state index in [4.69, 9.17) is 5.11 Å². The number of hydrogen-bond donors (Lipinski definition) is 3. The van der Waals surface area contributed by atoms with Gasteiger partial charge in [-0.2, -0.15) is 5.10 Å². The van der Waals surface area contributed by atoms with E-state index in [1.807, 2.05) is 6.07 Å². The Kier molecular flexibility index (Phi) is 3.34. The first-order valence-corrected chi connectivity index (χ1v) is 6.63. The maximum atomic E-state index is 12.5. The van der Waals surface area contributed by atoms with E-state index in [9.17, 15) is 9.59 Å². The first-order valence-electron chi connectivity index (χ1n) is 6.63. The molecule has 1 aromatic heterocycles. The first kappa shape index (κ1) is 13.8. The number of anilines is 1. The number of para-hydroxylation sites is 1. The van der Waals surface area contributed by atoms with Crippen LogP contribution in [-0.4, -0.2) is 27.2 Å². The van der Waals surface area contributed by atoms with Gasteiger partial charge in [0.05, 0.1) is 22.8 Å². The second kappa shape index (κ2) is 5.33. The van der Waals surface area contributed by atoms with E-state index in [-0.39, 0.29) is 11.5 Å². The van der Waals surface area contributed by atoms with E-state index in [0.29, 0.717) is 16.8 Å². The number of H-pyrrole nitrogens is 1. The Bertz CT molecular complexity index is 883. The minimum Gasteiger partial charge on any atom is -0.478 e. The van der Waals surface area contributed by atoms with Gasteiger partial charge in [-0.1, -0.05) is 18.2 Å². The van der Waals surface area contributed by atoms with Crippen molar-refractivity contribution in [2.24, 2.45) is 0 Å². The molecule has 1 heterocycles. The lowest BCUT2D eigenvalue weighted by atomic mass is 10.1. The average molecular weight is 295 g/mol. The second-order valence-electron chi connectivity index (χ2n) is 4.93. The number of aromatic nitrogens is 2. The summed E-state index contributed by atoms with van der Waals surface area (Å²) in [4.78, 5) is 23.5. The number of benzene rings is 2. The van der Waals surface area contributed by atoms with Crippen LogP contribution in [-0.2, 0) is 0 Å². The third-order valence-electron chi connectivity index (χ3n) is 3.45. The van der Waals surface area contributed by atoms with Crippen LogP contribution in [0.2, 0.25) is 0 Å². The molecule has 6 nitrogen and oxygen atoms in total. The van der Waals surface area contributed by atoms with Crippen molar-refractivity contribution in [1.29, 1.82) is 0 Å². The van der Waals surface area contributed by atoms with Crippen molar-refractivity contribution in [3.05, 3.63) is 59.3 Å². The fourth-order valence-electron chi connectivity index (χ4n) is 2.24. The summed E-state index contributed by atoms with van der Waals surface area (Å²) in [6, 6.07) is 9.92. The molecule has 3 N–H and O–H groups in total. The monoisotopic (exact) mass is 295 g/mol. The Morgan fingerprint density at radius 1 is 1.23 bits per heavy atom. The summed E-state index contributed by atoms with van der Waals surface area (Å²) in [6.07, 6.45) is 1.64. The summed E-state index contributed by atoms with van der Waals surface area (Å²) in [5.41, 5.74) is 2.49. The number of carbonyl (C=O) groups is 2. The molecule has 0 aliphatic rings. The number of rotatable bonds is 3. The zero-order valence-corrected chi connectivity index (χ0v) is 11.8. The van der Waals surface area contributed by atoms with Gasteiger partial charge in [0.25, 0.3) is 5.91 Å². The number of carboxylic acid groups (broad SMARTS) is 1. The van der Waals surface area contributed by atoms with Crippen molar-refractivity contribution < 1.29 is 14.7 Å². The molecule has 0 bridgehead atoms. The number of nitrogens with one attached hydrogen (secondary N) is 2. The van der Waals surface area contributed by atoms with Gasteiger partial charge >= 0.3 is 5.97 Å². The van der Waals surface area contributed by atoms with Gasteiger partial charge < -0.3 is 10.4 Å². The SMILES string of the molecule is Cc1ccc(C(=O)O)cc1NC(=O)c1cccc2cn[nH]c12. The molecule has 3 rings (SSSR count). The van der Waals surface area contributed by atoms with Gasteiger partial charge in [0.15, 0.2) is 0 Å². The molecule has 0 aliphatic heterocycles. The lowest BCUT2D eigenvalue weighted by Crippen LogP contribution is -2.14. The highest BCUT2D eigenvalue weighted by atomic mass is 16.4. The molecule has 22 heavy (non-hydrogen) atoms. The highest BCUT2D eigenvalue weighted by molar-refractivity contribution is 6.12. The van der Waals surface area contributed by atoms with E-state index in [2.05, 4.69) is 15.5 Å². The van der Waals surface area contributed by atoms with Crippen LogP contribution in [0, 0.1) is 6.92 Å². The number of carbonyl (C=O) groups excluding carboxylic acids is 1. The van der Waals surface area contributed by atoms with Crippen LogP contribution in [0.3, 0.4) is 0 Å². The molecule has 0 unspecified atom stereocenters. The summed E-state index contributed by atoms with van der Waals surface area (Å²) in [6.45, 7) is 1.80. The topological polar surface area (TPSA) is 95.1 Å². The Balaban J connectivity index is 1.96. The molecule has 1 amide bonds. The van der Waals surface area contributed by atoms with E-state index in [1.165, 1.54) is 12.1 Å². The van der Waals surface area contributed by atoms with Gasteiger partial charge in [0.2, 0.25) is 0 Å². The number of fused-ring (bicyclic) bond motifs is 1. The molecule has 0 saturated heterocycles. The molecule has 0 spiro atoms.